The summed E-state index contributed by atoms with van der Waals surface area (Å²) in [5.74, 6) is 0.630. The second kappa shape index (κ2) is 8.47. The molecule has 20 heavy (non-hydrogen) atoms. The molecule has 5 nitrogen and oxygen atoms in total. The number of aryl methyl sites for hydroxylation is 2. The Bertz CT molecular complexity index is 470. The van der Waals surface area contributed by atoms with Crippen LogP contribution in [0.15, 0.2) is 23.3 Å². The number of nitrogens with one attached hydrogen (secondary N) is 2. The average molecular weight is 293 g/mol. The van der Waals surface area contributed by atoms with E-state index in [1.54, 1.807) is 0 Å². The van der Waals surface area contributed by atoms with Crippen LogP contribution in [0, 0.1) is 6.92 Å². The summed E-state index contributed by atoms with van der Waals surface area (Å²) in [5.41, 5.74) is 7.82. The van der Waals surface area contributed by atoms with Crippen LogP contribution < -0.4 is 16.4 Å². The maximum atomic E-state index is 5.47. The molecule has 0 aromatic carbocycles. The highest BCUT2D eigenvalue weighted by Gasteiger charge is 2.02. The zero-order valence-corrected chi connectivity index (χ0v) is 13.1. The lowest BCUT2D eigenvalue weighted by atomic mass is 10.1. The monoisotopic (exact) mass is 293 g/mol. The summed E-state index contributed by atoms with van der Waals surface area (Å²) in [6, 6.07) is 4.30. The van der Waals surface area contributed by atoms with Crippen molar-refractivity contribution in [3.8, 4) is 0 Å². The Morgan fingerprint density at radius 3 is 2.85 bits per heavy atom. The van der Waals surface area contributed by atoms with Crippen LogP contribution in [0.1, 0.15) is 31.5 Å². The van der Waals surface area contributed by atoms with E-state index in [-0.39, 0.29) is 11.2 Å². The van der Waals surface area contributed by atoms with Gasteiger partial charge in [-0.25, -0.2) is 0 Å². The SMILES string of the molecule is Cc1cccnc1CCCN=C(NC(N)=S)NC(C)C. The number of pyridine rings is 1. The van der Waals surface area contributed by atoms with Gasteiger partial charge < -0.3 is 16.4 Å². The molecule has 1 aromatic rings. The second-order valence-electron chi connectivity index (χ2n) is 4.89. The van der Waals surface area contributed by atoms with Crippen molar-refractivity contribution in [1.29, 1.82) is 0 Å². The highest BCUT2D eigenvalue weighted by atomic mass is 32.1. The highest BCUT2D eigenvalue weighted by Crippen LogP contribution is 2.05. The Kier molecular flexibility index (Phi) is 6.93. The molecule has 1 aromatic heterocycles. The third kappa shape index (κ3) is 6.47. The Morgan fingerprint density at radius 1 is 1.50 bits per heavy atom. The average Bonchev–Trinajstić information content (AvgIpc) is 2.35. The number of nitrogens with two attached hydrogens (primary N) is 1. The Morgan fingerprint density at radius 2 is 2.25 bits per heavy atom. The zero-order chi connectivity index (χ0) is 15.0. The third-order valence-electron chi connectivity index (χ3n) is 2.63. The third-order valence-corrected chi connectivity index (χ3v) is 2.73. The predicted octanol–water partition coefficient (Wildman–Crippen LogP) is 1.51. The molecule has 0 aliphatic heterocycles. The molecule has 4 N–H and O–H groups in total. The van der Waals surface area contributed by atoms with Gasteiger partial charge in [0.25, 0.3) is 0 Å². The molecule has 1 heterocycles. The van der Waals surface area contributed by atoms with Crippen molar-refractivity contribution in [2.75, 3.05) is 6.54 Å². The number of hydrogen-bond donors (Lipinski definition) is 3. The Balaban J connectivity index is 2.47. The molecular weight excluding hydrogens is 270 g/mol. The molecule has 0 aliphatic rings. The minimum atomic E-state index is 0.220. The lowest BCUT2D eigenvalue weighted by Crippen LogP contribution is -2.46. The van der Waals surface area contributed by atoms with E-state index in [9.17, 15) is 0 Å². The lowest BCUT2D eigenvalue weighted by Gasteiger charge is -2.13. The van der Waals surface area contributed by atoms with Crippen LogP contribution in [0.4, 0.5) is 0 Å². The van der Waals surface area contributed by atoms with E-state index < -0.39 is 0 Å². The molecule has 0 atom stereocenters. The van der Waals surface area contributed by atoms with Crippen LogP contribution in [0.3, 0.4) is 0 Å². The topological polar surface area (TPSA) is 75.3 Å². The van der Waals surface area contributed by atoms with Gasteiger partial charge in [0.2, 0.25) is 0 Å². The van der Waals surface area contributed by atoms with E-state index in [1.165, 1.54) is 5.56 Å². The maximum Gasteiger partial charge on any atom is 0.197 e. The van der Waals surface area contributed by atoms with Crippen molar-refractivity contribution >= 4 is 23.3 Å². The van der Waals surface area contributed by atoms with Gasteiger partial charge in [-0.1, -0.05) is 6.07 Å². The number of hydrogen-bond acceptors (Lipinski definition) is 3. The minimum absolute atomic E-state index is 0.220. The van der Waals surface area contributed by atoms with Crippen LogP contribution in [-0.4, -0.2) is 28.6 Å². The summed E-state index contributed by atoms with van der Waals surface area (Å²) in [7, 11) is 0. The molecule has 1 rings (SSSR count). The lowest BCUT2D eigenvalue weighted by molar-refractivity contribution is 0.711. The molecule has 0 amide bonds. The van der Waals surface area contributed by atoms with E-state index in [1.807, 2.05) is 26.1 Å². The first-order valence-electron chi connectivity index (χ1n) is 6.77. The fraction of sp³-hybridized carbons (Fsp3) is 0.500. The number of aliphatic imine (C=N–C) groups is 1. The van der Waals surface area contributed by atoms with Crippen molar-refractivity contribution in [1.82, 2.24) is 15.6 Å². The molecule has 0 saturated heterocycles. The summed E-state index contributed by atoms with van der Waals surface area (Å²) in [6.07, 6.45) is 3.67. The van der Waals surface area contributed by atoms with Crippen molar-refractivity contribution in [2.24, 2.45) is 10.7 Å². The minimum Gasteiger partial charge on any atom is -0.376 e. The van der Waals surface area contributed by atoms with Gasteiger partial charge in [-0.2, -0.15) is 0 Å². The van der Waals surface area contributed by atoms with Crippen molar-refractivity contribution in [2.45, 2.75) is 39.7 Å². The normalized spacial score (nSPS) is 11.5. The quantitative estimate of drug-likeness (QED) is 0.332. The Hall–Kier alpha value is -1.69. The van der Waals surface area contributed by atoms with Crippen LogP contribution in [-0.2, 0) is 6.42 Å². The molecule has 0 radical (unpaired) electrons. The summed E-state index contributed by atoms with van der Waals surface area (Å²) in [5, 5.41) is 6.25. The summed E-state index contributed by atoms with van der Waals surface area (Å²) >= 11 is 4.83. The molecule has 0 bridgehead atoms. The van der Waals surface area contributed by atoms with Gasteiger partial charge in [-0.15, -0.1) is 0 Å². The number of nitrogens with zero attached hydrogens (tertiary/aromatic N) is 2. The van der Waals surface area contributed by atoms with Gasteiger partial charge in [-0.3, -0.25) is 9.98 Å². The summed E-state index contributed by atoms with van der Waals surface area (Å²) < 4.78 is 0. The van der Waals surface area contributed by atoms with E-state index >= 15 is 0 Å². The van der Waals surface area contributed by atoms with Crippen molar-refractivity contribution in [3.63, 3.8) is 0 Å². The fourth-order valence-electron chi connectivity index (χ4n) is 1.73. The molecule has 0 saturated carbocycles. The Labute approximate surface area is 126 Å². The molecular formula is C14H23N5S. The van der Waals surface area contributed by atoms with Gasteiger partial charge in [0.15, 0.2) is 11.1 Å². The van der Waals surface area contributed by atoms with Crippen LogP contribution in [0.5, 0.6) is 0 Å². The summed E-state index contributed by atoms with van der Waals surface area (Å²) in [4.78, 5) is 8.82. The highest BCUT2D eigenvalue weighted by molar-refractivity contribution is 7.80. The van der Waals surface area contributed by atoms with Gasteiger partial charge in [-0.05, 0) is 57.5 Å². The second-order valence-corrected chi connectivity index (χ2v) is 5.33. The number of guanidine groups is 1. The molecule has 6 heteroatoms. The molecule has 0 unspecified atom stereocenters. The molecule has 0 aliphatic carbocycles. The predicted molar refractivity (Wildman–Crippen MR) is 87.8 cm³/mol. The smallest absolute Gasteiger partial charge is 0.197 e. The van der Waals surface area contributed by atoms with Crippen LogP contribution >= 0.6 is 12.2 Å². The largest absolute Gasteiger partial charge is 0.376 e. The van der Waals surface area contributed by atoms with Crippen LogP contribution in [0.25, 0.3) is 0 Å². The maximum absolute atomic E-state index is 5.47. The van der Waals surface area contributed by atoms with Crippen LogP contribution in [0.2, 0.25) is 0 Å². The first-order chi connectivity index (χ1) is 9.49. The molecule has 0 fully saturated rings. The zero-order valence-electron chi connectivity index (χ0n) is 12.3. The van der Waals surface area contributed by atoms with Gasteiger partial charge in [0, 0.05) is 24.5 Å². The van der Waals surface area contributed by atoms with E-state index in [0.717, 1.165) is 18.5 Å². The van der Waals surface area contributed by atoms with E-state index in [2.05, 4.69) is 33.6 Å². The number of aromatic nitrogens is 1. The fourth-order valence-corrected chi connectivity index (χ4v) is 1.83. The molecule has 110 valence electrons. The van der Waals surface area contributed by atoms with E-state index in [4.69, 9.17) is 18.0 Å². The molecule has 0 spiro atoms. The number of thiocarbonyl (C=S) groups is 1. The van der Waals surface area contributed by atoms with Gasteiger partial charge in [0.1, 0.15) is 0 Å². The van der Waals surface area contributed by atoms with E-state index in [0.29, 0.717) is 12.5 Å². The van der Waals surface area contributed by atoms with Gasteiger partial charge in [0.05, 0.1) is 0 Å². The van der Waals surface area contributed by atoms with Crippen molar-refractivity contribution < 1.29 is 0 Å². The number of rotatable bonds is 5. The first kappa shape index (κ1) is 16.4. The first-order valence-corrected chi connectivity index (χ1v) is 7.17. The summed E-state index contributed by atoms with van der Waals surface area (Å²) in [6.45, 7) is 6.84. The van der Waals surface area contributed by atoms with Gasteiger partial charge >= 0.3 is 0 Å². The van der Waals surface area contributed by atoms with Crippen molar-refractivity contribution in [3.05, 3.63) is 29.6 Å². The standard InChI is InChI=1S/C14H23N5S/c1-10(2)18-14(19-13(15)20)17-9-5-7-12-11(3)6-4-8-16-12/h4,6,8,10H,5,7,9H2,1-3H3,(H4,15,17,18,19,20).